The highest BCUT2D eigenvalue weighted by Crippen LogP contribution is 2.36. The van der Waals surface area contributed by atoms with E-state index in [1.807, 2.05) is 43.3 Å². The minimum atomic E-state index is 0.653. The van der Waals surface area contributed by atoms with Crippen LogP contribution in [0.5, 0.6) is 0 Å². The summed E-state index contributed by atoms with van der Waals surface area (Å²) >= 11 is 0. The van der Waals surface area contributed by atoms with Gasteiger partial charge in [0, 0.05) is 11.9 Å². The molecule has 0 bridgehead atoms. The van der Waals surface area contributed by atoms with E-state index in [0.29, 0.717) is 5.92 Å². The number of rotatable bonds is 11. The zero-order chi connectivity index (χ0) is 26.0. The lowest BCUT2D eigenvalue weighted by Gasteiger charge is -2.17. The molecular formula is C32H37N5. The van der Waals surface area contributed by atoms with E-state index in [-0.39, 0.29) is 0 Å². The summed E-state index contributed by atoms with van der Waals surface area (Å²) in [6, 6.07) is 26.5. The summed E-state index contributed by atoms with van der Waals surface area (Å²) in [5.41, 5.74) is 6.54. The van der Waals surface area contributed by atoms with E-state index in [9.17, 15) is 0 Å². The number of nitrogens with zero attached hydrogens (tertiary/aromatic N) is 4. The highest BCUT2D eigenvalue weighted by Gasteiger charge is 2.11. The van der Waals surface area contributed by atoms with Crippen molar-refractivity contribution in [2.24, 2.45) is 26.4 Å². The van der Waals surface area contributed by atoms with Gasteiger partial charge in [0.2, 0.25) is 0 Å². The third-order valence-corrected chi connectivity index (χ3v) is 6.75. The van der Waals surface area contributed by atoms with E-state index in [1.165, 1.54) is 25.7 Å². The molecule has 0 saturated carbocycles. The van der Waals surface area contributed by atoms with Crippen molar-refractivity contribution in [1.82, 2.24) is 0 Å². The first-order chi connectivity index (χ1) is 18.1. The van der Waals surface area contributed by atoms with Crippen LogP contribution in [0.25, 0.3) is 10.8 Å². The largest absolute Gasteiger partial charge is 0.383 e. The number of unbranched alkanes of at least 4 members (excludes halogenated alkanes) is 1. The average Bonchev–Trinajstić information content (AvgIpc) is 2.91. The number of nitrogens with one attached hydrogen (secondary N) is 1. The van der Waals surface area contributed by atoms with Gasteiger partial charge >= 0.3 is 0 Å². The van der Waals surface area contributed by atoms with Crippen LogP contribution in [0, 0.1) is 19.8 Å². The molecule has 5 heteroatoms. The molecule has 37 heavy (non-hydrogen) atoms. The van der Waals surface area contributed by atoms with Gasteiger partial charge in [-0.3, -0.25) is 0 Å². The van der Waals surface area contributed by atoms with Crippen molar-refractivity contribution in [3.8, 4) is 0 Å². The Morgan fingerprint density at radius 3 is 2.35 bits per heavy atom. The quantitative estimate of drug-likeness (QED) is 0.208. The van der Waals surface area contributed by atoms with Gasteiger partial charge in [0.1, 0.15) is 5.69 Å². The third kappa shape index (κ3) is 7.10. The van der Waals surface area contributed by atoms with Crippen LogP contribution in [0.15, 0.2) is 99.3 Å². The molecule has 1 N–H and O–H groups in total. The first-order valence-corrected chi connectivity index (χ1v) is 13.3. The zero-order valence-electron chi connectivity index (χ0n) is 22.4. The number of hydrogen-bond acceptors (Lipinski definition) is 5. The van der Waals surface area contributed by atoms with Crippen LogP contribution in [0.2, 0.25) is 0 Å². The molecule has 0 aliphatic rings. The molecule has 190 valence electrons. The second kappa shape index (κ2) is 12.9. The summed E-state index contributed by atoms with van der Waals surface area (Å²) in [5, 5.41) is 24.1. The van der Waals surface area contributed by atoms with Crippen molar-refractivity contribution in [3.05, 3.63) is 90.0 Å². The Balaban J connectivity index is 1.57. The number of benzene rings is 4. The Morgan fingerprint density at radius 2 is 1.57 bits per heavy atom. The van der Waals surface area contributed by atoms with Crippen LogP contribution < -0.4 is 5.32 Å². The van der Waals surface area contributed by atoms with Gasteiger partial charge in [-0.2, -0.15) is 15.3 Å². The molecule has 0 spiro atoms. The van der Waals surface area contributed by atoms with E-state index in [1.54, 1.807) is 0 Å². The molecule has 0 heterocycles. The lowest BCUT2D eigenvalue weighted by Crippen LogP contribution is -2.13. The molecule has 0 aliphatic carbocycles. The van der Waals surface area contributed by atoms with Crippen molar-refractivity contribution in [2.45, 2.75) is 53.4 Å². The summed E-state index contributed by atoms with van der Waals surface area (Å²) in [5.74, 6) is 0.653. The molecule has 5 nitrogen and oxygen atoms in total. The lowest BCUT2D eigenvalue weighted by molar-refractivity contribution is 0.473. The fraction of sp³-hybridized carbons (Fsp3) is 0.312. The molecule has 1 atom stereocenters. The topological polar surface area (TPSA) is 61.5 Å². The summed E-state index contributed by atoms with van der Waals surface area (Å²) < 4.78 is 0. The smallest absolute Gasteiger partial charge is 0.117 e. The Kier molecular flexibility index (Phi) is 9.14. The van der Waals surface area contributed by atoms with Crippen LogP contribution in [-0.4, -0.2) is 6.54 Å². The van der Waals surface area contributed by atoms with Crippen molar-refractivity contribution in [3.63, 3.8) is 0 Å². The van der Waals surface area contributed by atoms with Gasteiger partial charge in [0.25, 0.3) is 0 Å². The average molecular weight is 492 g/mol. The summed E-state index contributed by atoms with van der Waals surface area (Å²) in [7, 11) is 0. The first kappa shape index (κ1) is 26.2. The molecular weight excluding hydrogens is 454 g/mol. The second-order valence-electron chi connectivity index (χ2n) is 9.69. The maximum Gasteiger partial charge on any atom is 0.117 e. The van der Waals surface area contributed by atoms with E-state index in [4.69, 9.17) is 5.11 Å². The molecule has 4 aromatic carbocycles. The Morgan fingerprint density at radius 1 is 0.757 bits per heavy atom. The van der Waals surface area contributed by atoms with Crippen LogP contribution in [0.4, 0.5) is 28.4 Å². The van der Waals surface area contributed by atoms with E-state index < -0.39 is 0 Å². The molecule has 0 amide bonds. The highest BCUT2D eigenvalue weighted by molar-refractivity contribution is 5.98. The maximum atomic E-state index is 4.75. The highest BCUT2D eigenvalue weighted by atomic mass is 15.1. The third-order valence-electron chi connectivity index (χ3n) is 6.75. The Labute approximate surface area is 220 Å². The fourth-order valence-electron chi connectivity index (χ4n) is 4.43. The molecule has 0 radical (unpaired) electrons. The van der Waals surface area contributed by atoms with Crippen molar-refractivity contribution in [1.29, 1.82) is 0 Å². The van der Waals surface area contributed by atoms with Crippen molar-refractivity contribution in [2.75, 3.05) is 11.9 Å². The monoisotopic (exact) mass is 491 g/mol. The van der Waals surface area contributed by atoms with Crippen LogP contribution in [-0.2, 0) is 0 Å². The van der Waals surface area contributed by atoms with Crippen molar-refractivity contribution < 1.29 is 0 Å². The molecule has 0 fully saturated rings. The van der Waals surface area contributed by atoms with Gasteiger partial charge in [0.15, 0.2) is 0 Å². The molecule has 1 unspecified atom stereocenters. The van der Waals surface area contributed by atoms with Crippen molar-refractivity contribution >= 4 is 39.2 Å². The Hall–Kier alpha value is -3.86. The normalized spacial score (nSPS) is 12.5. The van der Waals surface area contributed by atoms with Gasteiger partial charge in [-0.15, -0.1) is 5.11 Å². The van der Waals surface area contributed by atoms with Crippen LogP contribution in [0.3, 0.4) is 0 Å². The van der Waals surface area contributed by atoms with E-state index in [2.05, 4.69) is 83.9 Å². The van der Waals surface area contributed by atoms with Gasteiger partial charge in [-0.1, -0.05) is 75.6 Å². The first-order valence-electron chi connectivity index (χ1n) is 13.3. The molecule has 4 aromatic rings. The second-order valence-corrected chi connectivity index (χ2v) is 9.69. The number of fused-ring (bicyclic) bond motifs is 1. The summed E-state index contributed by atoms with van der Waals surface area (Å²) in [4.78, 5) is 0. The predicted molar refractivity (Wildman–Crippen MR) is 156 cm³/mol. The van der Waals surface area contributed by atoms with Crippen LogP contribution in [0.1, 0.15) is 50.7 Å². The standard InChI is InChI=1S/C32H37N5/c1-5-7-12-25(6-2)22-33-31-18-16-26-13-8-9-15-29(26)32(31)37-35-28-17-19-30(24(4)21-28)36-34-27-14-10-11-23(3)20-27/h8-11,13-21,25,33H,5-7,12,22H2,1-4H3/b36-34+,37-35+. The van der Waals surface area contributed by atoms with Crippen LogP contribution >= 0.6 is 0 Å². The maximum absolute atomic E-state index is 4.75. The Bertz CT molecular complexity index is 1390. The minimum absolute atomic E-state index is 0.653. The van der Waals surface area contributed by atoms with Gasteiger partial charge in [-0.25, -0.2) is 0 Å². The molecule has 4 rings (SSSR count). The number of hydrogen-bond donors (Lipinski definition) is 1. The van der Waals surface area contributed by atoms with Gasteiger partial charge in [0.05, 0.1) is 22.7 Å². The lowest BCUT2D eigenvalue weighted by atomic mass is 9.99. The number of aryl methyl sites for hydroxylation is 2. The summed E-state index contributed by atoms with van der Waals surface area (Å²) in [6.45, 7) is 9.54. The van der Waals surface area contributed by atoms with Gasteiger partial charge in [-0.05, 0) is 79.1 Å². The summed E-state index contributed by atoms with van der Waals surface area (Å²) in [6.07, 6.45) is 4.92. The minimum Gasteiger partial charge on any atom is -0.383 e. The van der Waals surface area contributed by atoms with Gasteiger partial charge < -0.3 is 5.32 Å². The zero-order valence-corrected chi connectivity index (χ0v) is 22.4. The molecule has 0 saturated heterocycles. The molecule has 0 aliphatic heterocycles. The predicted octanol–water partition coefficient (Wildman–Crippen LogP) is 10.9. The number of azo groups is 2. The SMILES string of the molecule is CCCCC(CC)CNc1ccc2ccccc2c1/N=N/c1ccc(/N=N/c2cccc(C)c2)c(C)c1. The molecule has 0 aromatic heterocycles. The number of anilines is 1. The van der Waals surface area contributed by atoms with E-state index in [0.717, 1.165) is 56.9 Å². The van der Waals surface area contributed by atoms with E-state index >= 15 is 0 Å². The fourth-order valence-corrected chi connectivity index (χ4v) is 4.43.